The van der Waals surface area contributed by atoms with Gasteiger partial charge in [-0.1, -0.05) is 74.5 Å². The maximum Gasteiger partial charge on any atom is 0.426 e. The molecule has 154 valence electrons. The normalized spacial score (nSPS) is 11.6. The van der Waals surface area contributed by atoms with Crippen LogP contribution in [0.2, 0.25) is 0 Å². The van der Waals surface area contributed by atoms with Crippen molar-refractivity contribution < 1.29 is 19.1 Å². The molecule has 6 nitrogen and oxygen atoms in total. The number of aryl methyl sites for hydroxylation is 1. The summed E-state index contributed by atoms with van der Waals surface area (Å²) in [5.41, 5.74) is 4.32. The van der Waals surface area contributed by atoms with E-state index in [4.69, 9.17) is 4.74 Å². The molecule has 0 aliphatic rings. The van der Waals surface area contributed by atoms with Crippen molar-refractivity contribution in [2.75, 3.05) is 0 Å². The van der Waals surface area contributed by atoms with Crippen LogP contribution in [-0.2, 0) is 27.4 Å². The monoisotopic (exact) mass is 396 g/mol. The molecule has 2 amide bonds. The highest BCUT2D eigenvalue weighted by Gasteiger charge is 2.26. The molecule has 2 rings (SSSR count). The number of rotatable bonds is 9. The van der Waals surface area contributed by atoms with E-state index < -0.39 is 12.1 Å². The van der Waals surface area contributed by atoms with Gasteiger partial charge in [-0.25, -0.2) is 15.2 Å². The van der Waals surface area contributed by atoms with E-state index in [-0.39, 0.29) is 24.9 Å². The maximum absolute atomic E-state index is 12.8. The van der Waals surface area contributed by atoms with Crippen molar-refractivity contribution in [3.63, 3.8) is 0 Å². The molecule has 6 heteroatoms. The fourth-order valence-electron chi connectivity index (χ4n) is 2.91. The minimum atomic E-state index is -0.766. The molecule has 0 saturated heterocycles. The van der Waals surface area contributed by atoms with Crippen LogP contribution in [0.5, 0.6) is 0 Å². The van der Waals surface area contributed by atoms with E-state index in [2.05, 4.69) is 5.43 Å². The smallest absolute Gasteiger partial charge is 0.426 e. The Morgan fingerprint density at radius 1 is 1.00 bits per heavy atom. The van der Waals surface area contributed by atoms with Crippen LogP contribution in [0.4, 0.5) is 4.79 Å². The number of hydrogen-bond acceptors (Lipinski definition) is 4. The molecule has 29 heavy (non-hydrogen) atoms. The van der Waals surface area contributed by atoms with Crippen molar-refractivity contribution >= 4 is 18.3 Å². The summed E-state index contributed by atoms with van der Waals surface area (Å²) >= 11 is 0. The summed E-state index contributed by atoms with van der Waals surface area (Å²) in [4.78, 5) is 36.7. The third-order valence-electron chi connectivity index (χ3n) is 4.37. The number of carbonyl (C=O) groups excluding carboxylic acids is 3. The molecule has 0 aliphatic heterocycles. The largest absolute Gasteiger partial charge is 0.443 e. The average Bonchev–Trinajstić information content (AvgIpc) is 2.74. The Morgan fingerprint density at radius 3 is 2.14 bits per heavy atom. The van der Waals surface area contributed by atoms with Gasteiger partial charge in [-0.15, -0.1) is 0 Å². The van der Waals surface area contributed by atoms with Crippen molar-refractivity contribution in [2.45, 2.75) is 45.8 Å². The molecule has 1 atom stereocenters. The first-order valence-electron chi connectivity index (χ1n) is 9.78. The SMILES string of the molecule is CC(C)C[C@@H](C=O)N(NC(=O)OCc1ccccc1)C(=O)CCc1ccccc1. The predicted octanol–water partition coefficient (Wildman–Crippen LogP) is 3.90. The first-order chi connectivity index (χ1) is 14.0. The molecule has 0 heterocycles. The van der Waals surface area contributed by atoms with Gasteiger partial charge in [-0.3, -0.25) is 4.79 Å². The molecule has 0 saturated carbocycles. The van der Waals surface area contributed by atoms with Gasteiger partial charge >= 0.3 is 6.09 Å². The Bertz CT molecular complexity index is 778. The van der Waals surface area contributed by atoms with Gasteiger partial charge in [0.05, 0.1) is 0 Å². The number of hydrazine groups is 1. The molecule has 2 aromatic carbocycles. The van der Waals surface area contributed by atoms with Crippen molar-refractivity contribution in [3.8, 4) is 0 Å². The number of hydrogen-bond donors (Lipinski definition) is 1. The van der Waals surface area contributed by atoms with Gasteiger partial charge in [0, 0.05) is 6.42 Å². The zero-order valence-electron chi connectivity index (χ0n) is 16.9. The molecule has 0 aromatic heterocycles. The number of benzene rings is 2. The van der Waals surface area contributed by atoms with Crippen LogP contribution in [0.15, 0.2) is 60.7 Å². The van der Waals surface area contributed by atoms with Crippen LogP contribution < -0.4 is 5.43 Å². The lowest BCUT2D eigenvalue weighted by Crippen LogP contribution is -2.53. The minimum Gasteiger partial charge on any atom is -0.443 e. The van der Waals surface area contributed by atoms with Crippen molar-refractivity contribution in [1.29, 1.82) is 0 Å². The molecular formula is C23H28N2O4. The molecule has 0 unspecified atom stereocenters. The standard InChI is InChI=1S/C23H28N2O4/c1-18(2)15-21(16-26)25(22(27)14-13-19-9-5-3-6-10-19)24-23(28)29-17-20-11-7-4-8-12-20/h3-12,16,18,21H,13-15,17H2,1-2H3,(H,24,28)/t21-/m0/s1. The average molecular weight is 396 g/mol. The van der Waals surface area contributed by atoms with Crippen molar-refractivity contribution in [3.05, 3.63) is 71.8 Å². The van der Waals surface area contributed by atoms with Crippen LogP contribution in [0.3, 0.4) is 0 Å². The van der Waals surface area contributed by atoms with E-state index in [9.17, 15) is 14.4 Å². The topological polar surface area (TPSA) is 75.7 Å². The fraction of sp³-hybridized carbons (Fsp3) is 0.348. The second kappa shape index (κ2) is 11.6. The Hall–Kier alpha value is -3.15. The molecule has 0 radical (unpaired) electrons. The van der Waals surface area contributed by atoms with Crippen LogP contribution >= 0.6 is 0 Å². The van der Waals surface area contributed by atoms with Crippen molar-refractivity contribution in [1.82, 2.24) is 10.4 Å². The molecule has 0 fully saturated rings. The van der Waals surface area contributed by atoms with E-state index in [1.54, 1.807) is 0 Å². The van der Waals surface area contributed by atoms with Gasteiger partial charge in [-0.05, 0) is 29.9 Å². The zero-order chi connectivity index (χ0) is 21.1. The van der Waals surface area contributed by atoms with Crippen LogP contribution in [0.1, 0.15) is 37.8 Å². The summed E-state index contributed by atoms with van der Waals surface area (Å²) in [7, 11) is 0. The van der Waals surface area contributed by atoms with E-state index in [0.29, 0.717) is 19.1 Å². The number of nitrogens with zero attached hydrogens (tertiary/aromatic N) is 1. The highest BCUT2D eigenvalue weighted by Crippen LogP contribution is 2.12. The lowest BCUT2D eigenvalue weighted by molar-refractivity contribution is -0.140. The number of amides is 2. The fourth-order valence-corrected chi connectivity index (χ4v) is 2.91. The van der Waals surface area contributed by atoms with E-state index in [0.717, 1.165) is 16.1 Å². The van der Waals surface area contributed by atoms with E-state index in [1.807, 2.05) is 74.5 Å². The first kappa shape index (κ1) is 22.1. The van der Waals surface area contributed by atoms with Gasteiger partial charge in [0.1, 0.15) is 18.9 Å². The zero-order valence-corrected chi connectivity index (χ0v) is 16.9. The number of aldehydes is 1. The van der Waals surface area contributed by atoms with Crippen molar-refractivity contribution in [2.24, 2.45) is 5.92 Å². The summed E-state index contributed by atoms with van der Waals surface area (Å²) in [5, 5.41) is 1.11. The highest BCUT2D eigenvalue weighted by molar-refractivity contribution is 5.82. The maximum atomic E-state index is 12.8. The Morgan fingerprint density at radius 2 is 1.59 bits per heavy atom. The second-order valence-corrected chi connectivity index (χ2v) is 7.26. The van der Waals surface area contributed by atoms with Gasteiger partial charge < -0.3 is 9.53 Å². The van der Waals surface area contributed by atoms with Crippen LogP contribution in [0.25, 0.3) is 0 Å². The summed E-state index contributed by atoms with van der Waals surface area (Å²) in [5.74, 6) is -0.153. The van der Waals surface area contributed by atoms with Gasteiger partial charge in [0.2, 0.25) is 5.91 Å². The highest BCUT2D eigenvalue weighted by atomic mass is 16.6. The Labute approximate surface area is 171 Å². The molecule has 0 bridgehead atoms. The summed E-state index contributed by atoms with van der Waals surface area (Å²) in [6, 6.07) is 18.1. The van der Waals surface area contributed by atoms with Gasteiger partial charge in [0.25, 0.3) is 0 Å². The summed E-state index contributed by atoms with van der Waals surface area (Å²) < 4.78 is 5.21. The van der Waals surface area contributed by atoms with E-state index in [1.165, 1.54) is 0 Å². The van der Waals surface area contributed by atoms with Gasteiger partial charge in [-0.2, -0.15) is 0 Å². The van der Waals surface area contributed by atoms with Crippen LogP contribution in [-0.4, -0.2) is 29.3 Å². The van der Waals surface area contributed by atoms with Gasteiger partial charge in [0.15, 0.2) is 0 Å². The summed E-state index contributed by atoms with van der Waals surface area (Å²) in [6.07, 6.45) is 1.06. The summed E-state index contributed by atoms with van der Waals surface area (Å²) in [6.45, 7) is 3.99. The number of ether oxygens (including phenoxy) is 1. The third kappa shape index (κ3) is 7.78. The lowest BCUT2D eigenvalue weighted by Gasteiger charge is -2.29. The quantitative estimate of drug-likeness (QED) is 0.515. The third-order valence-corrected chi connectivity index (χ3v) is 4.37. The Balaban J connectivity index is 2.01. The predicted molar refractivity (Wildman–Crippen MR) is 111 cm³/mol. The van der Waals surface area contributed by atoms with E-state index >= 15 is 0 Å². The Kier molecular flexibility index (Phi) is 8.89. The first-order valence-corrected chi connectivity index (χ1v) is 9.78. The van der Waals surface area contributed by atoms with Crippen LogP contribution in [0, 0.1) is 5.92 Å². The molecule has 0 spiro atoms. The second-order valence-electron chi connectivity index (χ2n) is 7.26. The number of carbonyl (C=O) groups is 3. The number of nitrogens with one attached hydrogen (secondary N) is 1. The lowest BCUT2D eigenvalue weighted by atomic mass is 10.0. The molecule has 1 N–H and O–H groups in total. The molecular weight excluding hydrogens is 368 g/mol. The molecule has 0 aliphatic carbocycles. The minimum absolute atomic E-state index is 0.0780. The molecule has 2 aromatic rings.